The van der Waals surface area contributed by atoms with Gasteiger partial charge in [0, 0.05) is 0 Å². The lowest BCUT2D eigenvalue weighted by atomic mass is 9.94. The third kappa shape index (κ3) is 8.37. The van der Waals surface area contributed by atoms with Crippen LogP contribution in [0.3, 0.4) is 0 Å². The first-order valence-corrected chi connectivity index (χ1v) is 14.0. The van der Waals surface area contributed by atoms with Gasteiger partial charge >= 0.3 is 0 Å². The summed E-state index contributed by atoms with van der Waals surface area (Å²) in [5, 5.41) is 0. The quantitative estimate of drug-likeness (QED) is 0.182. The van der Waals surface area contributed by atoms with E-state index in [4.69, 9.17) is 30.1 Å². The number of terminal acetylenes is 1. The predicted molar refractivity (Wildman–Crippen MR) is 159 cm³/mol. The summed E-state index contributed by atoms with van der Waals surface area (Å²) in [6, 6.07) is 40.2. The van der Waals surface area contributed by atoms with Crippen molar-refractivity contribution in [2.75, 3.05) is 6.61 Å². The van der Waals surface area contributed by atoms with Gasteiger partial charge in [-0.25, -0.2) is 0 Å². The van der Waals surface area contributed by atoms with Crippen LogP contribution < -0.4 is 0 Å². The van der Waals surface area contributed by atoms with E-state index in [1.165, 1.54) is 0 Å². The average Bonchev–Trinajstić information content (AvgIpc) is 3.04. The first-order valence-electron chi connectivity index (χ1n) is 14.0. The van der Waals surface area contributed by atoms with E-state index in [1.807, 2.05) is 121 Å². The Morgan fingerprint density at radius 2 is 0.902 bits per heavy atom. The van der Waals surface area contributed by atoms with Crippen molar-refractivity contribution in [1.82, 2.24) is 0 Å². The Morgan fingerprint density at radius 1 is 0.512 bits per heavy atom. The third-order valence-corrected chi connectivity index (χ3v) is 7.05. The minimum absolute atomic E-state index is 0.295. The molecule has 0 aliphatic carbocycles. The monoisotopic (exact) mass is 548 g/mol. The van der Waals surface area contributed by atoms with E-state index >= 15 is 0 Å². The molecule has 0 spiro atoms. The number of hydrogen-bond acceptors (Lipinski definition) is 5. The molecule has 1 fully saturated rings. The van der Waals surface area contributed by atoms with Crippen LogP contribution in [0, 0.1) is 12.3 Å². The van der Waals surface area contributed by atoms with Crippen LogP contribution in [0.1, 0.15) is 22.3 Å². The molecule has 4 aromatic carbocycles. The van der Waals surface area contributed by atoms with Crippen molar-refractivity contribution < 1.29 is 23.7 Å². The Bertz CT molecular complexity index is 1320. The van der Waals surface area contributed by atoms with E-state index in [0.717, 1.165) is 22.3 Å². The van der Waals surface area contributed by atoms with Crippen LogP contribution in [-0.4, -0.2) is 37.1 Å². The Hall–Kier alpha value is -3.76. The smallest absolute Gasteiger partial charge is 0.147 e. The maximum atomic E-state index is 6.62. The molecule has 1 heterocycles. The molecule has 0 bridgehead atoms. The second kappa shape index (κ2) is 15.3. The van der Waals surface area contributed by atoms with Gasteiger partial charge < -0.3 is 23.7 Å². The van der Waals surface area contributed by atoms with Gasteiger partial charge in [-0.1, -0.05) is 127 Å². The minimum atomic E-state index is -0.638. The van der Waals surface area contributed by atoms with Crippen LogP contribution in [-0.2, 0) is 50.1 Å². The van der Waals surface area contributed by atoms with Crippen molar-refractivity contribution in [3.8, 4) is 12.3 Å². The molecule has 5 nitrogen and oxygen atoms in total. The van der Waals surface area contributed by atoms with Crippen molar-refractivity contribution in [3.05, 3.63) is 144 Å². The molecule has 5 heteroatoms. The van der Waals surface area contributed by atoms with Gasteiger partial charge in [0.1, 0.15) is 30.5 Å². The van der Waals surface area contributed by atoms with E-state index in [1.54, 1.807) is 0 Å². The summed E-state index contributed by atoms with van der Waals surface area (Å²) >= 11 is 0. The Balaban J connectivity index is 1.39. The van der Waals surface area contributed by atoms with E-state index in [-0.39, 0.29) is 0 Å². The zero-order valence-corrected chi connectivity index (χ0v) is 23.1. The molecule has 41 heavy (non-hydrogen) atoms. The van der Waals surface area contributed by atoms with Crippen LogP contribution in [0.4, 0.5) is 0 Å². The highest BCUT2D eigenvalue weighted by Crippen LogP contribution is 2.31. The van der Waals surface area contributed by atoms with Crippen LogP contribution >= 0.6 is 0 Å². The fraction of sp³-hybridized carbons (Fsp3) is 0.278. The van der Waals surface area contributed by atoms with E-state index < -0.39 is 30.5 Å². The van der Waals surface area contributed by atoms with Gasteiger partial charge in [0.25, 0.3) is 0 Å². The van der Waals surface area contributed by atoms with Gasteiger partial charge in [-0.05, 0) is 22.3 Å². The molecular formula is C36H36O5. The third-order valence-electron chi connectivity index (χ3n) is 7.05. The number of benzene rings is 4. The van der Waals surface area contributed by atoms with Crippen LogP contribution in [0.25, 0.3) is 0 Å². The molecule has 0 unspecified atom stereocenters. The van der Waals surface area contributed by atoms with Crippen molar-refractivity contribution >= 4 is 0 Å². The summed E-state index contributed by atoms with van der Waals surface area (Å²) in [5.41, 5.74) is 4.23. The maximum absolute atomic E-state index is 6.62. The fourth-order valence-electron chi connectivity index (χ4n) is 4.92. The molecule has 210 valence electrons. The van der Waals surface area contributed by atoms with Crippen molar-refractivity contribution in [1.29, 1.82) is 0 Å². The highest BCUT2D eigenvalue weighted by atomic mass is 16.6. The lowest BCUT2D eigenvalue weighted by molar-refractivity contribution is -0.261. The van der Waals surface area contributed by atoms with E-state index in [0.29, 0.717) is 33.0 Å². The van der Waals surface area contributed by atoms with E-state index in [2.05, 4.69) is 5.92 Å². The number of ether oxygens (including phenoxy) is 5. The van der Waals surface area contributed by atoms with Gasteiger partial charge in [-0.2, -0.15) is 0 Å². The van der Waals surface area contributed by atoms with Crippen LogP contribution in [0.15, 0.2) is 121 Å². The summed E-state index contributed by atoms with van der Waals surface area (Å²) in [5.74, 6) is 2.81. The first-order chi connectivity index (χ1) is 20.3. The summed E-state index contributed by atoms with van der Waals surface area (Å²) in [6.07, 6.45) is 3.41. The Labute approximate surface area is 243 Å². The van der Waals surface area contributed by atoms with E-state index in [9.17, 15) is 0 Å². The van der Waals surface area contributed by atoms with Gasteiger partial charge in [0.05, 0.1) is 33.0 Å². The number of hydrogen-bond donors (Lipinski definition) is 0. The molecule has 4 aromatic rings. The lowest BCUT2D eigenvalue weighted by Crippen LogP contribution is -2.60. The first kappa shape index (κ1) is 28.8. The normalized spacial score (nSPS) is 22.2. The van der Waals surface area contributed by atoms with Crippen LogP contribution in [0.2, 0.25) is 0 Å². The maximum Gasteiger partial charge on any atom is 0.147 e. The molecule has 0 saturated carbocycles. The highest BCUT2D eigenvalue weighted by molar-refractivity contribution is 5.17. The summed E-state index contributed by atoms with van der Waals surface area (Å²) in [6.45, 7) is 1.90. The standard InChI is InChI=1S/C36H36O5/c1-2-32-34(38-24-29-17-9-4-10-18-29)36(40-26-31-21-13-6-14-22-31)35(39-25-30-19-11-5-12-20-30)33(41-32)27-37-23-28-15-7-3-8-16-28/h1,3-22,32-36H,23-27H2/t32-,33+,34-,35+,36+/m1/s1. The molecule has 0 radical (unpaired) electrons. The molecule has 0 amide bonds. The lowest BCUT2D eigenvalue weighted by Gasteiger charge is -2.44. The molecular weight excluding hydrogens is 512 g/mol. The number of rotatable bonds is 13. The SMILES string of the molecule is C#C[C@H]1O[C@@H](COCc2ccccc2)[C@H](OCc2ccccc2)[C@@H](OCc2ccccc2)[C@@H]1OCc1ccccc1. The zero-order valence-electron chi connectivity index (χ0n) is 23.1. The second-order valence-corrected chi connectivity index (χ2v) is 10.0. The topological polar surface area (TPSA) is 46.2 Å². The van der Waals surface area contributed by atoms with Gasteiger partial charge in [0.2, 0.25) is 0 Å². The summed E-state index contributed by atoms with van der Waals surface area (Å²) < 4.78 is 32.3. The molecule has 1 aliphatic heterocycles. The largest absolute Gasteiger partial charge is 0.374 e. The highest BCUT2D eigenvalue weighted by Gasteiger charge is 2.48. The Kier molecular flexibility index (Phi) is 10.7. The van der Waals surface area contributed by atoms with Gasteiger partial charge in [-0.3, -0.25) is 0 Å². The second-order valence-electron chi connectivity index (χ2n) is 10.0. The Morgan fingerprint density at radius 3 is 1.34 bits per heavy atom. The average molecular weight is 549 g/mol. The van der Waals surface area contributed by atoms with Crippen molar-refractivity contribution in [2.45, 2.75) is 56.9 Å². The van der Waals surface area contributed by atoms with Crippen molar-refractivity contribution in [2.24, 2.45) is 0 Å². The summed E-state index contributed by atoms with van der Waals surface area (Å²) in [7, 11) is 0. The summed E-state index contributed by atoms with van der Waals surface area (Å²) in [4.78, 5) is 0. The molecule has 1 saturated heterocycles. The van der Waals surface area contributed by atoms with Gasteiger partial charge in [-0.15, -0.1) is 6.42 Å². The molecule has 0 N–H and O–H groups in total. The van der Waals surface area contributed by atoms with Crippen molar-refractivity contribution in [3.63, 3.8) is 0 Å². The predicted octanol–water partition coefficient (Wildman–Crippen LogP) is 6.36. The molecule has 5 rings (SSSR count). The van der Waals surface area contributed by atoms with Gasteiger partial charge in [0.15, 0.2) is 0 Å². The minimum Gasteiger partial charge on any atom is -0.374 e. The molecule has 5 atom stereocenters. The zero-order chi connectivity index (χ0) is 28.1. The van der Waals surface area contributed by atoms with Crippen LogP contribution in [0.5, 0.6) is 0 Å². The molecule has 0 aromatic heterocycles. The fourth-order valence-corrected chi connectivity index (χ4v) is 4.92. The molecule has 1 aliphatic rings.